The summed E-state index contributed by atoms with van der Waals surface area (Å²) in [6.07, 6.45) is -3.67. The molecule has 0 aliphatic heterocycles. The average Bonchev–Trinajstić information content (AvgIpc) is 2.14. The summed E-state index contributed by atoms with van der Waals surface area (Å²) in [6, 6.07) is 3.24. The van der Waals surface area contributed by atoms with Gasteiger partial charge in [-0.25, -0.2) is 0 Å². The van der Waals surface area contributed by atoms with Gasteiger partial charge >= 0.3 is 6.18 Å². The number of non-ortho nitro benzene ring substituents is 1. The van der Waals surface area contributed by atoms with E-state index in [4.69, 9.17) is 11.6 Å². The van der Waals surface area contributed by atoms with Crippen molar-refractivity contribution in [1.29, 1.82) is 0 Å². The molecule has 0 atom stereocenters. The van der Waals surface area contributed by atoms with Gasteiger partial charge in [0.15, 0.2) is 0 Å². The standard InChI is InChI=1S/C9H5ClF3NO2/c10-8-5-7(14(15)16)2-1-6(8)3-4-9(11,12)13/h1-5H. The Labute approximate surface area is 93.3 Å². The summed E-state index contributed by atoms with van der Waals surface area (Å²) in [7, 11) is 0. The summed E-state index contributed by atoms with van der Waals surface area (Å²) in [5, 5.41) is 10.2. The van der Waals surface area contributed by atoms with Crippen molar-refractivity contribution in [3.63, 3.8) is 0 Å². The molecule has 0 amide bonds. The Morgan fingerprint density at radius 2 is 2.00 bits per heavy atom. The van der Waals surface area contributed by atoms with Crippen LogP contribution in [0, 0.1) is 10.1 Å². The van der Waals surface area contributed by atoms with Crippen molar-refractivity contribution in [2.75, 3.05) is 0 Å². The van der Waals surface area contributed by atoms with E-state index in [1.54, 1.807) is 0 Å². The smallest absolute Gasteiger partial charge is 0.258 e. The Bertz CT molecular complexity index is 443. The molecule has 1 rings (SSSR count). The Morgan fingerprint density at radius 1 is 1.38 bits per heavy atom. The van der Waals surface area contributed by atoms with Crippen LogP contribution in [0.2, 0.25) is 5.02 Å². The van der Waals surface area contributed by atoms with Crippen molar-refractivity contribution in [2.24, 2.45) is 0 Å². The number of halogens is 4. The van der Waals surface area contributed by atoms with Gasteiger partial charge in [-0.05, 0) is 17.7 Å². The van der Waals surface area contributed by atoms with Crippen LogP contribution in [-0.2, 0) is 0 Å². The number of nitro benzene ring substituents is 1. The predicted molar refractivity (Wildman–Crippen MR) is 53.2 cm³/mol. The number of hydrogen-bond donors (Lipinski definition) is 0. The van der Waals surface area contributed by atoms with E-state index in [-0.39, 0.29) is 22.3 Å². The van der Waals surface area contributed by atoms with Gasteiger partial charge in [-0.15, -0.1) is 0 Å². The Kier molecular flexibility index (Phi) is 3.54. The highest BCUT2D eigenvalue weighted by molar-refractivity contribution is 6.32. The van der Waals surface area contributed by atoms with Crippen LogP contribution in [0.4, 0.5) is 18.9 Å². The number of hydrogen-bond acceptors (Lipinski definition) is 2. The third-order valence-electron chi connectivity index (χ3n) is 1.65. The zero-order valence-electron chi connectivity index (χ0n) is 7.66. The van der Waals surface area contributed by atoms with E-state index in [0.29, 0.717) is 0 Å². The van der Waals surface area contributed by atoms with Crippen LogP contribution in [-0.4, -0.2) is 11.1 Å². The first kappa shape index (κ1) is 12.5. The second-order valence-corrected chi connectivity index (χ2v) is 3.25. The zero-order valence-corrected chi connectivity index (χ0v) is 8.42. The highest BCUT2D eigenvalue weighted by Gasteiger charge is 2.22. The van der Waals surface area contributed by atoms with Crippen LogP contribution in [0.5, 0.6) is 0 Å². The number of nitrogens with zero attached hydrogens (tertiary/aromatic N) is 1. The van der Waals surface area contributed by atoms with Gasteiger partial charge in [0.2, 0.25) is 0 Å². The number of alkyl halides is 3. The van der Waals surface area contributed by atoms with E-state index in [0.717, 1.165) is 24.3 Å². The number of benzene rings is 1. The molecule has 0 bridgehead atoms. The van der Waals surface area contributed by atoms with E-state index in [1.807, 2.05) is 0 Å². The van der Waals surface area contributed by atoms with Gasteiger partial charge in [0.1, 0.15) is 0 Å². The van der Waals surface area contributed by atoms with Crippen LogP contribution >= 0.6 is 11.6 Å². The molecular formula is C9H5ClF3NO2. The van der Waals surface area contributed by atoms with E-state index in [9.17, 15) is 23.3 Å². The lowest BCUT2D eigenvalue weighted by atomic mass is 10.2. The topological polar surface area (TPSA) is 43.1 Å². The van der Waals surface area contributed by atoms with Gasteiger partial charge in [0.05, 0.1) is 9.95 Å². The first-order chi connectivity index (χ1) is 7.29. The maximum Gasteiger partial charge on any atom is 0.409 e. The number of rotatable bonds is 2. The molecule has 0 unspecified atom stereocenters. The van der Waals surface area contributed by atoms with E-state index >= 15 is 0 Å². The lowest BCUT2D eigenvalue weighted by molar-refractivity contribution is -0.384. The fourth-order valence-corrected chi connectivity index (χ4v) is 1.19. The quantitative estimate of drug-likeness (QED) is 0.592. The van der Waals surface area contributed by atoms with Crippen molar-refractivity contribution >= 4 is 23.4 Å². The van der Waals surface area contributed by atoms with Gasteiger partial charge in [0.25, 0.3) is 5.69 Å². The van der Waals surface area contributed by atoms with Crippen molar-refractivity contribution in [2.45, 2.75) is 6.18 Å². The highest BCUT2D eigenvalue weighted by Crippen LogP contribution is 2.25. The molecule has 0 aliphatic rings. The Balaban J connectivity index is 3.01. The number of allylic oxidation sites excluding steroid dienone is 1. The van der Waals surface area contributed by atoms with Crippen molar-refractivity contribution < 1.29 is 18.1 Å². The van der Waals surface area contributed by atoms with Gasteiger partial charge in [-0.3, -0.25) is 10.1 Å². The second kappa shape index (κ2) is 4.52. The summed E-state index contributed by atoms with van der Waals surface area (Å²) in [6.45, 7) is 0. The molecule has 86 valence electrons. The first-order valence-corrected chi connectivity index (χ1v) is 4.37. The summed E-state index contributed by atoms with van der Waals surface area (Å²) in [5.74, 6) is 0. The maximum absolute atomic E-state index is 11.8. The molecule has 0 saturated heterocycles. The number of nitro groups is 1. The summed E-state index contributed by atoms with van der Waals surface area (Å²) < 4.78 is 35.5. The molecule has 0 spiro atoms. The molecule has 1 aromatic carbocycles. The predicted octanol–water partition coefficient (Wildman–Crippen LogP) is 3.82. The molecule has 0 saturated carbocycles. The van der Waals surface area contributed by atoms with Crippen molar-refractivity contribution in [3.8, 4) is 0 Å². The molecular weight excluding hydrogens is 247 g/mol. The van der Waals surface area contributed by atoms with Crippen LogP contribution in [0.25, 0.3) is 6.08 Å². The summed E-state index contributed by atoms with van der Waals surface area (Å²) in [5.41, 5.74) is -0.196. The molecule has 3 nitrogen and oxygen atoms in total. The average molecular weight is 252 g/mol. The van der Waals surface area contributed by atoms with Gasteiger partial charge < -0.3 is 0 Å². The van der Waals surface area contributed by atoms with Crippen LogP contribution in [0.15, 0.2) is 24.3 Å². The zero-order chi connectivity index (χ0) is 12.3. The van der Waals surface area contributed by atoms with Crippen LogP contribution < -0.4 is 0 Å². The fourth-order valence-electron chi connectivity index (χ4n) is 0.949. The molecule has 16 heavy (non-hydrogen) atoms. The van der Waals surface area contributed by atoms with Crippen LogP contribution in [0.1, 0.15) is 5.56 Å². The Hall–Kier alpha value is -1.56. The molecule has 7 heteroatoms. The normalized spacial score (nSPS) is 12.0. The molecule has 0 aliphatic carbocycles. The molecule has 0 heterocycles. The summed E-state index contributed by atoms with van der Waals surface area (Å²) in [4.78, 5) is 9.65. The molecule has 0 N–H and O–H groups in total. The third kappa shape index (κ3) is 3.54. The van der Waals surface area contributed by atoms with E-state index in [1.165, 1.54) is 0 Å². The minimum Gasteiger partial charge on any atom is -0.258 e. The minimum atomic E-state index is -4.44. The van der Waals surface area contributed by atoms with Crippen LogP contribution in [0.3, 0.4) is 0 Å². The Morgan fingerprint density at radius 3 is 2.44 bits per heavy atom. The fraction of sp³-hybridized carbons (Fsp3) is 0.111. The first-order valence-electron chi connectivity index (χ1n) is 3.99. The van der Waals surface area contributed by atoms with Gasteiger partial charge in [0, 0.05) is 18.2 Å². The lowest BCUT2D eigenvalue weighted by Gasteiger charge is -2.00. The minimum absolute atomic E-state index is 0.0139. The maximum atomic E-state index is 11.8. The van der Waals surface area contributed by atoms with E-state index in [2.05, 4.69) is 0 Å². The van der Waals surface area contributed by atoms with Crippen molar-refractivity contribution in [3.05, 3.63) is 45.0 Å². The van der Waals surface area contributed by atoms with Gasteiger partial charge in [-0.1, -0.05) is 11.6 Å². The largest absolute Gasteiger partial charge is 0.409 e. The lowest BCUT2D eigenvalue weighted by Crippen LogP contribution is -2.00. The van der Waals surface area contributed by atoms with E-state index < -0.39 is 11.1 Å². The SMILES string of the molecule is O=[N+]([O-])c1ccc(C=CC(F)(F)F)c(Cl)c1. The van der Waals surface area contributed by atoms with Crippen molar-refractivity contribution in [1.82, 2.24) is 0 Å². The monoisotopic (exact) mass is 251 g/mol. The van der Waals surface area contributed by atoms with Gasteiger partial charge in [-0.2, -0.15) is 13.2 Å². The highest BCUT2D eigenvalue weighted by atomic mass is 35.5. The third-order valence-corrected chi connectivity index (χ3v) is 1.97. The second-order valence-electron chi connectivity index (χ2n) is 2.84. The molecule has 0 fully saturated rings. The molecule has 0 radical (unpaired) electrons. The summed E-state index contributed by atoms with van der Waals surface area (Å²) >= 11 is 5.58. The molecule has 1 aromatic rings. The molecule has 0 aromatic heterocycles.